The predicted molar refractivity (Wildman–Crippen MR) is 64.5 cm³/mol. The van der Waals surface area contributed by atoms with Crippen molar-refractivity contribution in [1.82, 2.24) is 5.32 Å². The molecule has 0 aliphatic rings. The zero-order valence-corrected chi connectivity index (χ0v) is 10.4. The Labute approximate surface area is 107 Å². The summed E-state index contributed by atoms with van der Waals surface area (Å²) in [5.74, 6) is -1.03. The maximum Gasteiger partial charge on any atom is 0.318 e. The van der Waals surface area contributed by atoms with Crippen molar-refractivity contribution < 1.29 is 14.0 Å². The van der Waals surface area contributed by atoms with Crippen molar-refractivity contribution in [3.05, 3.63) is 29.0 Å². The highest BCUT2D eigenvalue weighted by Crippen LogP contribution is 2.27. The molecule has 0 fully saturated rings. The van der Waals surface area contributed by atoms with Crippen LogP contribution in [0.2, 0.25) is 5.02 Å². The summed E-state index contributed by atoms with van der Waals surface area (Å²) in [5, 5.41) is 1.41. The molecule has 0 heterocycles. The largest absolute Gasteiger partial charge is 0.351 e. The molecule has 7 heteroatoms. The van der Waals surface area contributed by atoms with E-state index in [0.717, 1.165) is 11.8 Å². The number of hydrogen-bond acceptors (Lipinski definition) is 3. The minimum Gasteiger partial charge on any atom is -0.351 e. The van der Waals surface area contributed by atoms with Crippen LogP contribution in [0.4, 0.5) is 9.18 Å². The van der Waals surface area contributed by atoms with Crippen LogP contribution in [0.5, 0.6) is 0 Å². The minimum absolute atomic E-state index is 0.0162. The summed E-state index contributed by atoms with van der Waals surface area (Å²) < 4.78 is 12.9. The van der Waals surface area contributed by atoms with Gasteiger partial charge < -0.3 is 5.73 Å². The lowest BCUT2D eigenvalue weighted by Gasteiger charge is -2.10. The molecular weight excluding hydrogens is 267 g/mol. The first-order valence-corrected chi connectivity index (χ1v) is 5.88. The SMILES string of the molecule is CC(Sc1ccc(F)c(Cl)c1)C(=O)NC(N)=O. The van der Waals surface area contributed by atoms with E-state index in [0.29, 0.717) is 4.90 Å². The van der Waals surface area contributed by atoms with E-state index in [-0.39, 0.29) is 5.02 Å². The predicted octanol–water partition coefficient (Wildman–Crippen LogP) is 2.15. The molecule has 1 aromatic rings. The number of rotatable bonds is 3. The van der Waals surface area contributed by atoms with E-state index in [1.54, 1.807) is 6.92 Å². The number of halogens is 2. The standard InChI is InChI=1S/C10H10ClFN2O2S/c1-5(9(15)14-10(13)16)17-6-2-3-8(12)7(11)4-6/h2-5H,1H3,(H3,13,14,15,16). The van der Waals surface area contributed by atoms with Gasteiger partial charge in [0, 0.05) is 4.90 Å². The molecule has 17 heavy (non-hydrogen) atoms. The van der Waals surface area contributed by atoms with Gasteiger partial charge in [-0.25, -0.2) is 9.18 Å². The van der Waals surface area contributed by atoms with Crippen LogP contribution in [-0.2, 0) is 4.79 Å². The second-order valence-electron chi connectivity index (χ2n) is 3.19. The van der Waals surface area contributed by atoms with Crippen molar-refractivity contribution in [1.29, 1.82) is 0 Å². The van der Waals surface area contributed by atoms with Crippen LogP contribution in [0.25, 0.3) is 0 Å². The zero-order valence-electron chi connectivity index (χ0n) is 8.87. The third-order valence-corrected chi connectivity index (χ3v) is 3.20. The second-order valence-corrected chi connectivity index (χ2v) is 5.01. The molecule has 3 N–H and O–H groups in total. The number of nitrogens with two attached hydrogens (primary N) is 1. The van der Waals surface area contributed by atoms with Gasteiger partial charge in [0.2, 0.25) is 5.91 Å². The molecule has 0 aliphatic heterocycles. The van der Waals surface area contributed by atoms with Crippen LogP contribution < -0.4 is 11.1 Å². The van der Waals surface area contributed by atoms with Crippen LogP contribution in [-0.4, -0.2) is 17.2 Å². The van der Waals surface area contributed by atoms with Crippen LogP contribution in [0.15, 0.2) is 23.1 Å². The van der Waals surface area contributed by atoms with Gasteiger partial charge in [-0.15, -0.1) is 11.8 Å². The lowest BCUT2D eigenvalue weighted by atomic mass is 10.3. The molecule has 0 aliphatic carbocycles. The number of carbonyl (C=O) groups is 2. The van der Waals surface area contributed by atoms with Crippen molar-refractivity contribution in [3.63, 3.8) is 0 Å². The van der Waals surface area contributed by atoms with Crippen molar-refractivity contribution in [2.45, 2.75) is 17.1 Å². The summed E-state index contributed by atoms with van der Waals surface area (Å²) in [6.45, 7) is 1.60. The number of primary amides is 1. The first-order valence-electron chi connectivity index (χ1n) is 4.62. The Hall–Kier alpha value is -1.27. The first kappa shape index (κ1) is 13.8. The van der Waals surface area contributed by atoms with E-state index >= 15 is 0 Å². The van der Waals surface area contributed by atoms with Gasteiger partial charge in [0.25, 0.3) is 0 Å². The Morgan fingerprint density at radius 2 is 2.18 bits per heavy atom. The Bertz CT molecular complexity index is 456. The maximum absolute atomic E-state index is 12.9. The van der Waals surface area contributed by atoms with E-state index in [1.807, 2.05) is 5.32 Å². The molecule has 1 unspecified atom stereocenters. The third kappa shape index (κ3) is 4.24. The third-order valence-electron chi connectivity index (χ3n) is 1.82. The Balaban J connectivity index is 2.67. The van der Waals surface area contributed by atoms with E-state index in [4.69, 9.17) is 17.3 Å². The fourth-order valence-corrected chi connectivity index (χ4v) is 2.18. The average molecular weight is 277 g/mol. The molecule has 0 radical (unpaired) electrons. The summed E-state index contributed by atoms with van der Waals surface area (Å²) in [5.41, 5.74) is 4.82. The van der Waals surface area contributed by atoms with Crippen molar-refractivity contribution in [2.75, 3.05) is 0 Å². The van der Waals surface area contributed by atoms with E-state index < -0.39 is 23.0 Å². The molecule has 4 nitrogen and oxygen atoms in total. The lowest BCUT2D eigenvalue weighted by Crippen LogP contribution is -2.39. The highest BCUT2D eigenvalue weighted by Gasteiger charge is 2.16. The summed E-state index contributed by atoms with van der Waals surface area (Å²) >= 11 is 6.74. The Kier molecular flexibility index (Phi) is 4.77. The van der Waals surface area contributed by atoms with Crippen LogP contribution in [0.1, 0.15) is 6.92 Å². The Morgan fingerprint density at radius 3 is 2.71 bits per heavy atom. The highest BCUT2D eigenvalue weighted by molar-refractivity contribution is 8.00. The Morgan fingerprint density at radius 1 is 1.53 bits per heavy atom. The van der Waals surface area contributed by atoms with Crippen LogP contribution in [0, 0.1) is 5.82 Å². The monoisotopic (exact) mass is 276 g/mol. The summed E-state index contributed by atoms with van der Waals surface area (Å²) in [6.07, 6.45) is 0. The van der Waals surface area contributed by atoms with Gasteiger partial charge in [-0.1, -0.05) is 11.6 Å². The maximum atomic E-state index is 12.9. The minimum atomic E-state index is -0.903. The van der Waals surface area contributed by atoms with Gasteiger partial charge >= 0.3 is 6.03 Å². The molecule has 1 rings (SSSR count). The number of nitrogens with one attached hydrogen (secondary N) is 1. The molecule has 0 saturated heterocycles. The number of urea groups is 1. The fraction of sp³-hybridized carbons (Fsp3) is 0.200. The summed E-state index contributed by atoms with van der Waals surface area (Å²) in [4.78, 5) is 22.5. The highest BCUT2D eigenvalue weighted by atomic mass is 35.5. The van der Waals surface area contributed by atoms with Crippen LogP contribution in [0.3, 0.4) is 0 Å². The van der Waals surface area contributed by atoms with Gasteiger partial charge in [-0.05, 0) is 25.1 Å². The number of amides is 3. The number of hydrogen-bond donors (Lipinski definition) is 2. The van der Waals surface area contributed by atoms with Gasteiger partial charge in [0.15, 0.2) is 0 Å². The number of benzene rings is 1. The van der Waals surface area contributed by atoms with Gasteiger partial charge in [-0.2, -0.15) is 0 Å². The number of thioether (sulfide) groups is 1. The molecule has 0 aromatic heterocycles. The molecule has 1 atom stereocenters. The van der Waals surface area contributed by atoms with Crippen molar-refractivity contribution in [2.24, 2.45) is 5.73 Å². The lowest BCUT2D eigenvalue weighted by molar-refractivity contribution is -0.119. The molecule has 92 valence electrons. The van der Waals surface area contributed by atoms with Gasteiger partial charge in [0.05, 0.1) is 10.3 Å². The molecular formula is C10H10ClFN2O2S. The summed E-state index contributed by atoms with van der Waals surface area (Å²) in [6, 6.07) is 3.22. The molecule has 3 amide bonds. The molecule has 1 aromatic carbocycles. The van der Waals surface area contributed by atoms with Crippen LogP contribution >= 0.6 is 23.4 Å². The van der Waals surface area contributed by atoms with E-state index in [9.17, 15) is 14.0 Å². The first-order chi connectivity index (χ1) is 7.90. The van der Waals surface area contributed by atoms with Gasteiger partial charge in [0.1, 0.15) is 5.82 Å². The molecule has 0 spiro atoms. The number of carbonyl (C=O) groups excluding carboxylic acids is 2. The van der Waals surface area contributed by atoms with Gasteiger partial charge in [-0.3, -0.25) is 10.1 Å². The zero-order chi connectivity index (χ0) is 13.0. The molecule has 0 bridgehead atoms. The second kappa shape index (κ2) is 5.88. The fourth-order valence-electron chi connectivity index (χ4n) is 1.03. The normalized spacial score (nSPS) is 11.9. The number of imide groups is 1. The summed E-state index contributed by atoms with van der Waals surface area (Å²) in [7, 11) is 0. The topological polar surface area (TPSA) is 72.2 Å². The quantitative estimate of drug-likeness (QED) is 0.831. The van der Waals surface area contributed by atoms with Crippen molar-refractivity contribution >= 4 is 35.3 Å². The van der Waals surface area contributed by atoms with E-state index in [2.05, 4.69) is 0 Å². The molecule has 0 saturated carbocycles. The smallest absolute Gasteiger partial charge is 0.318 e. The van der Waals surface area contributed by atoms with Crippen molar-refractivity contribution in [3.8, 4) is 0 Å². The van der Waals surface area contributed by atoms with E-state index in [1.165, 1.54) is 18.2 Å². The average Bonchev–Trinajstić information content (AvgIpc) is 2.22.